The van der Waals surface area contributed by atoms with Crippen molar-refractivity contribution in [3.63, 3.8) is 0 Å². The minimum Gasteiger partial charge on any atom is -0.313 e. The minimum atomic E-state index is -0.374. The number of nitro benzene ring substituents is 1. The first-order valence-electron chi connectivity index (χ1n) is 4.48. The molecule has 1 rings (SSSR count). The largest absolute Gasteiger partial charge is 0.313 e. The van der Waals surface area contributed by atoms with Gasteiger partial charge < -0.3 is 5.32 Å². The molecule has 1 atom stereocenters. The second-order valence-electron chi connectivity index (χ2n) is 3.31. The molecule has 0 amide bonds. The SMILES string of the molecule is CNC(C)c1ccc([N+](=O)[O-])cc1C. The van der Waals surface area contributed by atoms with Crippen molar-refractivity contribution in [2.75, 3.05) is 7.05 Å². The van der Waals surface area contributed by atoms with Crippen molar-refractivity contribution in [1.29, 1.82) is 0 Å². The van der Waals surface area contributed by atoms with Crippen LogP contribution in [0.1, 0.15) is 24.1 Å². The highest BCUT2D eigenvalue weighted by Gasteiger charge is 2.10. The van der Waals surface area contributed by atoms with E-state index in [1.54, 1.807) is 12.1 Å². The predicted octanol–water partition coefficient (Wildman–Crippen LogP) is 2.18. The zero-order valence-electron chi connectivity index (χ0n) is 8.57. The van der Waals surface area contributed by atoms with E-state index in [1.165, 1.54) is 6.07 Å². The maximum absolute atomic E-state index is 10.5. The number of nitro groups is 1. The Labute approximate surface area is 83.1 Å². The van der Waals surface area contributed by atoms with Gasteiger partial charge in [-0.1, -0.05) is 6.07 Å². The summed E-state index contributed by atoms with van der Waals surface area (Å²) in [4.78, 5) is 10.1. The molecule has 0 aliphatic carbocycles. The molecule has 4 heteroatoms. The van der Waals surface area contributed by atoms with Crippen LogP contribution in [0, 0.1) is 17.0 Å². The first-order chi connectivity index (χ1) is 6.56. The number of nitrogens with one attached hydrogen (secondary N) is 1. The summed E-state index contributed by atoms with van der Waals surface area (Å²) in [6.45, 7) is 3.91. The molecule has 0 aliphatic rings. The lowest BCUT2D eigenvalue weighted by Gasteiger charge is -2.12. The molecule has 0 saturated heterocycles. The standard InChI is InChI=1S/C10H14N2O2/c1-7-6-9(12(13)14)4-5-10(7)8(2)11-3/h4-6,8,11H,1-3H3. The highest BCUT2D eigenvalue weighted by molar-refractivity contribution is 5.40. The van der Waals surface area contributed by atoms with Gasteiger partial charge in [-0.25, -0.2) is 0 Å². The van der Waals surface area contributed by atoms with Crippen molar-refractivity contribution in [1.82, 2.24) is 5.32 Å². The van der Waals surface area contributed by atoms with Gasteiger partial charge in [-0.2, -0.15) is 0 Å². The molecule has 76 valence electrons. The van der Waals surface area contributed by atoms with Crippen LogP contribution in [-0.2, 0) is 0 Å². The van der Waals surface area contributed by atoms with Gasteiger partial charge in [-0.15, -0.1) is 0 Å². The fourth-order valence-corrected chi connectivity index (χ4v) is 1.41. The van der Waals surface area contributed by atoms with Crippen LogP contribution >= 0.6 is 0 Å². The van der Waals surface area contributed by atoms with Crippen molar-refractivity contribution in [3.8, 4) is 0 Å². The van der Waals surface area contributed by atoms with Crippen molar-refractivity contribution >= 4 is 5.69 Å². The summed E-state index contributed by atoms with van der Waals surface area (Å²) in [6, 6.07) is 5.16. The van der Waals surface area contributed by atoms with Crippen LogP contribution in [0.5, 0.6) is 0 Å². The number of hydrogen-bond donors (Lipinski definition) is 1. The Kier molecular flexibility index (Phi) is 3.19. The molecule has 0 bridgehead atoms. The van der Waals surface area contributed by atoms with Crippen LogP contribution < -0.4 is 5.32 Å². The molecule has 1 unspecified atom stereocenters. The Morgan fingerprint density at radius 1 is 1.50 bits per heavy atom. The third-order valence-corrected chi connectivity index (χ3v) is 2.36. The summed E-state index contributed by atoms with van der Waals surface area (Å²) >= 11 is 0. The Bertz CT molecular complexity index is 350. The Morgan fingerprint density at radius 2 is 2.14 bits per heavy atom. The maximum Gasteiger partial charge on any atom is 0.269 e. The quantitative estimate of drug-likeness (QED) is 0.592. The highest BCUT2D eigenvalue weighted by Crippen LogP contribution is 2.21. The lowest BCUT2D eigenvalue weighted by atomic mass is 10.0. The van der Waals surface area contributed by atoms with Crippen molar-refractivity contribution in [3.05, 3.63) is 39.4 Å². The summed E-state index contributed by atoms with van der Waals surface area (Å²) in [6.07, 6.45) is 0. The molecule has 0 spiro atoms. The molecule has 1 N–H and O–H groups in total. The summed E-state index contributed by atoms with van der Waals surface area (Å²) < 4.78 is 0. The van der Waals surface area contributed by atoms with Crippen molar-refractivity contribution in [2.45, 2.75) is 19.9 Å². The number of nitrogens with zero attached hydrogens (tertiary/aromatic N) is 1. The first-order valence-corrected chi connectivity index (χ1v) is 4.48. The van der Waals surface area contributed by atoms with Gasteiger partial charge in [0.15, 0.2) is 0 Å². The topological polar surface area (TPSA) is 55.2 Å². The van der Waals surface area contributed by atoms with E-state index in [0.717, 1.165) is 11.1 Å². The fourth-order valence-electron chi connectivity index (χ4n) is 1.41. The lowest BCUT2D eigenvalue weighted by Crippen LogP contribution is -2.13. The van der Waals surface area contributed by atoms with Gasteiger partial charge in [0.05, 0.1) is 4.92 Å². The first kappa shape index (κ1) is 10.7. The monoisotopic (exact) mass is 194 g/mol. The van der Waals surface area contributed by atoms with Gasteiger partial charge in [-0.05, 0) is 32.0 Å². The predicted molar refractivity (Wildman–Crippen MR) is 55.3 cm³/mol. The van der Waals surface area contributed by atoms with Gasteiger partial charge >= 0.3 is 0 Å². The third-order valence-electron chi connectivity index (χ3n) is 2.36. The molecule has 1 aromatic carbocycles. The summed E-state index contributed by atoms with van der Waals surface area (Å²) in [5.74, 6) is 0. The number of aryl methyl sites for hydroxylation is 1. The number of non-ortho nitro benzene ring substituents is 1. The van der Waals surface area contributed by atoms with E-state index in [9.17, 15) is 10.1 Å². The van der Waals surface area contributed by atoms with Crippen molar-refractivity contribution in [2.24, 2.45) is 0 Å². The fraction of sp³-hybridized carbons (Fsp3) is 0.400. The Morgan fingerprint density at radius 3 is 2.57 bits per heavy atom. The molecule has 1 aromatic rings. The van der Waals surface area contributed by atoms with Crippen LogP contribution in [0.4, 0.5) is 5.69 Å². The lowest BCUT2D eigenvalue weighted by molar-refractivity contribution is -0.384. The molecule has 0 aromatic heterocycles. The molecular formula is C10H14N2O2. The second-order valence-corrected chi connectivity index (χ2v) is 3.31. The summed E-state index contributed by atoms with van der Waals surface area (Å²) in [7, 11) is 1.87. The van der Waals surface area contributed by atoms with E-state index in [0.29, 0.717) is 0 Å². The maximum atomic E-state index is 10.5. The van der Waals surface area contributed by atoms with Crippen LogP contribution in [-0.4, -0.2) is 12.0 Å². The zero-order valence-corrected chi connectivity index (χ0v) is 8.57. The van der Waals surface area contributed by atoms with E-state index < -0.39 is 0 Å². The summed E-state index contributed by atoms with van der Waals surface area (Å²) in [5, 5.41) is 13.6. The molecule has 0 radical (unpaired) electrons. The van der Waals surface area contributed by atoms with Gasteiger partial charge in [0.25, 0.3) is 5.69 Å². The third kappa shape index (κ3) is 2.09. The molecule has 14 heavy (non-hydrogen) atoms. The van der Waals surface area contributed by atoms with E-state index in [4.69, 9.17) is 0 Å². The van der Waals surface area contributed by atoms with Crippen LogP contribution in [0.25, 0.3) is 0 Å². The Balaban J connectivity index is 3.07. The van der Waals surface area contributed by atoms with E-state index in [1.807, 2.05) is 20.9 Å². The van der Waals surface area contributed by atoms with E-state index in [-0.39, 0.29) is 16.7 Å². The number of benzene rings is 1. The van der Waals surface area contributed by atoms with E-state index >= 15 is 0 Å². The average Bonchev–Trinajstić information content (AvgIpc) is 2.16. The molecular weight excluding hydrogens is 180 g/mol. The van der Waals surface area contributed by atoms with E-state index in [2.05, 4.69) is 5.32 Å². The Hall–Kier alpha value is -1.42. The van der Waals surface area contributed by atoms with Gasteiger partial charge in [0.1, 0.15) is 0 Å². The van der Waals surface area contributed by atoms with Crippen LogP contribution in [0.3, 0.4) is 0 Å². The van der Waals surface area contributed by atoms with Gasteiger partial charge in [0.2, 0.25) is 0 Å². The number of hydrogen-bond acceptors (Lipinski definition) is 3. The molecule has 0 fully saturated rings. The average molecular weight is 194 g/mol. The van der Waals surface area contributed by atoms with Crippen LogP contribution in [0.15, 0.2) is 18.2 Å². The number of rotatable bonds is 3. The highest BCUT2D eigenvalue weighted by atomic mass is 16.6. The van der Waals surface area contributed by atoms with Gasteiger partial charge in [0, 0.05) is 18.2 Å². The van der Waals surface area contributed by atoms with Crippen molar-refractivity contribution < 1.29 is 4.92 Å². The summed E-state index contributed by atoms with van der Waals surface area (Å²) in [5.41, 5.74) is 2.19. The minimum absolute atomic E-state index is 0.148. The zero-order chi connectivity index (χ0) is 10.7. The smallest absolute Gasteiger partial charge is 0.269 e. The molecule has 0 aliphatic heterocycles. The van der Waals surface area contributed by atoms with Gasteiger partial charge in [-0.3, -0.25) is 10.1 Å². The normalized spacial score (nSPS) is 12.5. The second kappa shape index (κ2) is 4.19. The molecule has 0 heterocycles. The molecule has 4 nitrogen and oxygen atoms in total. The van der Waals surface area contributed by atoms with Crippen LogP contribution in [0.2, 0.25) is 0 Å². The molecule has 0 saturated carbocycles.